The van der Waals surface area contributed by atoms with Crippen molar-refractivity contribution < 1.29 is 9.53 Å². The van der Waals surface area contributed by atoms with Crippen LogP contribution in [0, 0.1) is 5.92 Å². The van der Waals surface area contributed by atoms with Crippen LogP contribution in [0.2, 0.25) is 0 Å². The highest BCUT2D eigenvalue weighted by molar-refractivity contribution is 5.80. The maximum atomic E-state index is 11.8. The van der Waals surface area contributed by atoms with E-state index in [0.29, 0.717) is 6.54 Å². The Morgan fingerprint density at radius 1 is 1.16 bits per heavy atom. The predicted octanol–water partition coefficient (Wildman–Crippen LogP) is 1.97. The lowest BCUT2D eigenvalue weighted by atomic mass is 10.0. The van der Waals surface area contributed by atoms with E-state index in [2.05, 4.69) is 5.32 Å². The Bertz CT molecular complexity index is 277. The lowest BCUT2D eigenvalue weighted by Crippen LogP contribution is -2.36. The second-order valence-electron chi connectivity index (χ2n) is 6.00. The van der Waals surface area contributed by atoms with E-state index < -0.39 is 0 Å². The van der Waals surface area contributed by atoms with Crippen molar-refractivity contribution in [3.05, 3.63) is 0 Å². The fourth-order valence-corrected chi connectivity index (χ4v) is 3.25. The topological polar surface area (TPSA) is 64.4 Å². The van der Waals surface area contributed by atoms with Crippen LogP contribution in [-0.2, 0) is 9.53 Å². The van der Waals surface area contributed by atoms with Crippen LogP contribution in [0.4, 0.5) is 0 Å². The molecule has 2 fully saturated rings. The van der Waals surface area contributed by atoms with Crippen LogP contribution in [-0.4, -0.2) is 31.2 Å². The van der Waals surface area contributed by atoms with Gasteiger partial charge >= 0.3 is 0 Å². The van der Waals surface area contributed by atoms with Gasteiger partial charge in [-0.3, -0.25) is 4.79 Å². The fraction of sp³-hybridized carbons (Fsp3) is 0.933. The zero-order valence-electron chi connectivity index (χ0n) is 11.9. The molecule has 0 aromatic heterocycles. The molecule has 0 aromatic rings. The van der Waals surface area contributed by atoms with Crippen LogP contribution < -0.4 is 11.1 Å². The average molecular weight is 268 g/mol. The van der Waals surface area contributed by atoms with Crippen LogP contribution in [0.1, 0.15) is 57.8 Å². The van der Waals surface area contributed by atoms with Crippen molar-refractivity contribution in [2.24, 2.45) is 11.7 Å². The molecular formula is C15H28N2O2. The quantitative estimate of drug-likeness (QED) is 0.694. The first kappa shape index (κ1) is 14.8. The summed E-state index contributed by atoms with van der Waals surface area (Å²) in [6.07, 6.45) is 10.9. The van der Waals surface area contributed by atoms with Gasteiger partial charge in [0.1, 0.15) is 6.10 Å². The molecule has 4 heteroatoms. The molecule has 1 aliphatic heterocycles. The number of carbonyl (C=O) groups excluding carboxylic acids is 1. The molecular weight excluding hydrogens is 240 g/mol. The van der Waals surface area contributed by atoms with Gasteiger partial charge in [-0.1, -0.05) is 38.5 Å². The number of hydrogen-bond donors (Lipinski definition) is 2. The van der Waals surface area contributed by atoms with Crippen LogP contribution in [0.25, 0.3) is 0 Å². The molecule has 4 nitrogen and oxygen atoms in total. The summed E-state index contributed by atoms with van der Waals surface area (Å²) >= 11 is 0. The minimum Gasteiger partial charge on any atom is -0.364 e. The summed E-state index contributed by atoms with van der Waals surface area (Å²) in [5.41, 5.74) is 5.54. The molecule has 0 bridgehead atoms. The van der Waals surface area contributed by atoms with Crippen molar-refractivity contribution in [2.75, 3.05) is 13.1 Å². The van der Waals surface area contributed by atoms with E-state index in [1.165, 1.54) is 38.5 Å². The number of amides is 1. The maximum absolute atomic E-state index is 11.8. The summed E-state index contributed by atoms with van der Waals surface area (Å²) in [7, 11) is 0. The third-order valence-corrected chi connectivity index (χ3v) is 4.48. The molecule has 0 spiro atoms. The van der Waals surface area contributed by atoms with Gasteiger partial charge in [0.25, 0.3) is 0 Å². The van der Waals surface area contributed by atoms with E-state index in [1.54, 1.807) is 0 Å². The Balaban J connectivity index is 1.49. The molecule has 2 aliphatic rings. The summed E-state index contributed by atoms with van der Waals surface area (Å²) in [6.45, 7) is 1.31. The van der Waals surface area contributed by atoms with Crippen LogP contribution >= 0.6 is 0 Å². The van der Waals surface area contributed by atoms with Gasteiger partial charge in [0, 0.05) is 13.1 Å². The molecule has 110 valence electrons. The van der Waals surface area contributed by atoms with Gasteiger partial charge < -0.3 is 15.8 Å². The minimum atomic E-state index is -0.261. The number of ether oxygens (including phenoxy) is 1. The summed E-state index contributed by atoms with van der Waals surface area (Å²) in [6, 6.07) is 0. The average Bonchev–Trinajstić information content (AvgIpc) is 3.09. The summed E-state index contributed by atoms with van der Waals surface area (Å²) in [4.78, 5) is 11.8. The molecule has 0 aromatic carbocycles. The van der Waals surface area contributed by atoms with Gasteiger partial charge in [-0.15, -0.1) is 0 Å². The highest BCUT2D eigenvalue weighted by Crippen LogP contribution is 2.28. The minimum absolute atomic E-state index is 0.0526. The molecule has 2 rings (SSSR count). The number of unbranched alkanes of at least 4 members (excludes halogenated alkanes) is 1. The number of nitrogens with one attached hydrogen (secondary N) is 1. The normalized spacial score (nSPS) is 27.8. The third-order valence-electron chi connectivity index (χ3n) is 4.48. The van der Waals surface area contributed by atoms with E-state index in [0.717, 1.165) is 31.7 Å². The lowest BCUT2D eigenvalue weighted by Gasteiger charge is -2.13. The second-order valence-corrected chi connectivity index (χ2v) is 6.00. The van der Waals surface area contributed by atoms with Gasteiger partial charge in [-0.05, 0) is 25.2 Å². The van der Waals surface area contributed by atoms with Crippen molar-refractivity contribution in [3.8, 4) is 0 Å². The molecule has 1 heterocycles. The number of nitrogens with two attached hydrogens (primary N) is 1. The first-order valence-electron chi connectivity index (χ1n) is 7.93. The van der Waals surface area contributed by atoms with Crippen molar-refractivity contribution in [1.82, 2.24) is 5.32 Å². The van der Waals surface area contributed by atoms with E-state index in [4.69, 9.17) is 10.5 Å². The standard InChI is InChI=1S/C15H28N2O2/c16-11-13-8-9-14(19-13)15(18)17-10-4-3-7-12-5-1-2-6-12/h12-14H,1-11,16H2,(H,17,18)/t13-,14+/m1/s1. The molecule has 1 amide bonds. The smallest absolute Gasteiger partial charge is 0.249 e. The Kier molecular flexibility index (Phi) is 6.11. The summed E-state index contributed by atoms with van der Waals surface area (Å²) in [5, 5.41) is 2.99. The highest BCUT2D eigenvalue weighted by atomic mass is 16.5. The van der Waals surface area contributed by atoms with Gasteiger partial charge in [-0.25, -0.2) is 0 Å². The molecule has 1 saturated carbocycles. The third kappa shape index (κ3) is 4.77. The largest absolute Gasteiger partial charge is 0.364 e. The van der Waals surface area contributed by atoms with Gasteiger partial charge in [-0.2, -0.15) is 0 Å². The van der Waals surface area contributed by atoms with E-state index in [-0.39, 0.29) is 18.1 Å². The second kappa shape index (κ2) is 7.85. The molecule has 19 heavy (non-hydrogen) atoms. The van der Waals surface area contributed by atoms with Gasteiger partial charge in [0.05, 0.1) is 6.10 Å². The van der Waals surface area contributed by atoms with Crippen molar-refractivity contribution >= 4 is 5.91 Å². The predicted molar refractivity (Wildman–Crippen MR) is 75.8 cm³/mol. The van der Waals surface area contributed by atoms with Crippen LogP contribution in [0.5, 0.6) is 0 Å². The lowest BCUT2D eigenvalue weighted by molar-refractivity contribution is -0.131. The molecule has 3 N–H and O–H groups in total. The van der Waals surface area contributed by atoms with Crippen molar-refractivity contribution in [3.63, 3.8) is 0 Å². The van der Waals surface area contributed by atoms with E-state index in [1.807, 2.05) is 0 Å². The number of carbonyl (C=O) groups is 1. The fourth-order valence-electron chi connectivity index (χ4n) is 3.25. The number of hydrogen-bond acceptors (Lipinski definition) is 3. The van der Waals surface area contributed by atoms with Gasteiger partial charge in [0.2, 0.25) is 5.91 Å². The zero-order valence-corrected chi connectivity index (χ0v) is 11.9. The van der Waals surface area contributed by atoms with E-state index >= 15 is 0 Å². The van der Waals surface area contributed by atoms with Crippen molar-refractivity contribution in [2.45, 2.75) is 70.0 Å². The number of rotatable bonds is 7. The van der Waals surface area contributed by atoms with Gasteiger partial charge in [0.15, 0.2) is 0 Å². The summed E-state index contributed by atoms with van der Waals surface area (Å²) in [5.74, 6) is 1.01. The maximum Gasteiger partial charge on any atom is 0.249 e. The Morgan fingerprint density at radius 3 is 2.63 bits per heavy atom. The molecule has 0 unspecified atom stereocenters. The SMILES string of the molecule is NC[C@H]1CC[C@@H](C(=O)NCCCCC2CCCC2)O1. The van der Waals surface area contributed by atoms with Crippen molar-refractivity contribution in [1.29, 1.82) is 0 Å². The summed E-state index contributed by atoms with van der Waals surface area (Å²) < 4.78 is 5.57. The zero-order chi connectivity index (χ0) is 13.5. The first-order chi connectivity index (χ1) is 9.29. The van der Waals surface area contributed by atoms with E-state index in [9.17, 15) is 4.79 Å². The Hall–Kier alpha value is -0.610. The molecule has 1 aliphatic carbocycles. The molecule has 1 saturated heterocycles. The van der Waals surface area contributed by atoms with Crippen LogP contribution in [0.3, 0.4) is 0 Å². The monoisotopic (exact) mass is 268 g/mol. The Labute approximate surface area is 116 Å². The molecule has 2 atom stereocenters. The Morgan fingerprint density at radius 2 is 1.95 bits per heavy atom. The first-order valence-corrected chi connectivity index (χ1v) is 7.93. The molecule has 0 radical (unpaired) electrons. The highest BCUT2D eigenvalue weighted by Gasteiger charge is 2.29. The van der Waals surface area contributed by atoms with Crippen LogP contribution in [0.15, 0.2) is 0 Å².